The van der Waals surface area contributed by atoms with Gasteiger partial charge >= 0.3 is 6.18 Å². The van der Waals surface area contributed by atoms with Gasteiger partial charge in [0.05, 0.1) is 18.2 Å². The van der Waals surface area contributed by atoms with Crippen LogP contribution in [0.4, 0.5) is 13.2 Å². The van der Waals surface area contributed by atoms with Gasteiger partial charge in [-0.2, -0.15) is 18.4 Å². The van der Waals surface area contributed by atoms with E-state index < -0.39 is 24.5 Å². The van der Waals surface area contributed by atoms with Crippen LogP contribution in [0.15, 0.2) is 24.3 Å². The standard InChI is InChI=1S/C13H11F3N2O2/c14-13(15,16)9(7-17)8-18-5-6-20-11-4-2-1-3-10(11)12(18)19/h1-4,9H,5-6,8H2. The Balaban J connectivity index is 2.22. The van der Waals surface area contributed by atoms with E-state index in [1.165, 1.54) is 12.1 Å². The number of benzene rings is 1. The average Bonchev–Trinajstić information content (AvgIpc) is 2.55. The molecule has 0 radical (unpaired) electrons. The minimum Gasteiger partial charge on any atom is -0.491 e. The fourth-order valence-corrected chi connectivity index (χ4v) is 1.92. The highest BCUT2D eigenvalue weighted by molar-refractivity contribution is 5.97. The van der Waals surface area contributed by atoms with Crippen molar-refractivity contribution in [2.45, 2.75) is 6.18 Å². The number of hydrogen-bond donors (Lipinski definition) is 0. The predicted octanol–water partition coefficient (Wildman–Crippen LogP) is 2.22. The van der Waals surface area contributed by atoms with Crippen LogP contribution >= 0.6 is 0 Å². The molecule has 0 saturated carbocycles. The number of halogens is 3. The van der Waals surface area contributed by atoms with Gasteiger partial charge in [-0.3, -0.25) is 4.79 Å². The second kappa shape index (κ2) is 5.41. The number of amides is 1. The fraction of sp³-hybridized carbons (Fsp3) is 0.385. The van der Waals surface area contributed by atoms with Crippen LogP contribution in [0.1, 0.15) is 10.4 Å². The second-order valence-corrected chi connectivity index (χ2v) is 4.32. The van der Waals surface area contributed by atoms with Crippen molar-refractivity contribution in [2.24, 2.45) is 5.92 Å². The Bertz CT molecular complexity index is 551. The Kier molecular flexibility index (Phi) is 3.84. The molecule has 1 aliphatic heterocycles. The molecule has 0 saturated heterocycles. The maximum absolute atomic E-state index is 12.6. The number of rotatable bonds is 2. The molecule has 1 heterocycles. The van der Waals surface area contributed by atoms with E-state index in [-0.39, 0.29) is 18.7 Å². The van der Waals surface area contributed by atoms with Crippen molar-refractivity contribution in [3.05, 3.63) is 29.8 Å². The smallest absolute Gasteiger partial charge is 0.406 e. The molecule has 1 aromatic carbocycles. The summed E-state index contributed by atoms with van der Waals surface area (Å²) in [4.78, 5) is 13.2. The van der Waals surface area contributed by atoms with Gasteiger partial charge in [-0.15, -0.1) is 0 Å². The SMILES string of the molecule is N#CC(CN1CCOc2ccccc2C1=O)C(F)(F)F. The van der Waals surface area contributed by atoms with Crippen molar-refractivity contribution in [3.8, 4) is 11.8 Å². The highest BCUT2D eigenvalue weighted by Crippen LogP contribution is 2.28. The highest BCUT2D eigenvalue weighted by atomic mass is 19.4. The Hall–Kier alpha value is -2.23. The van der Waals surface area contributed by atoms with Gasteiger partial charge in [0.25, 0.3) is 5.91 Å². The van der Waals surface area contributed by atoms with E-state index in [2.05, 4.69) is 0 Å². The first kappa shape index (κ1) is 14.2. The number of hydrogen-bond acceptors (Lipinski definition) is 3. The summed E-state index contributed by atoms with van der Waals surface area (Å²) in [5.41, 5.74) is 0.212. The first-order chi connectivity index (χ1) is 9.43. The highest BCUT2D eigenvalue weighted by Gasteiger charge is 2.42. The van der Waals surface area contributed by atoms with Crippen LogP contribution in [-0.2, 0) is 0 Å². The van der Waals surface area contributed by atoms with Gasteiger partial charge in [0.2, 0.25) is 0 Å². The number of fused-ring (bicyclic) bond motifs is 1. The normalized spacial score (nSPS) is 16.7. The molecule has 0 aliphatic carbocycles. The van der Waals surface area contributed by atoms with Crippen LogP contribution in [0, 0.1) is 17.2 Å². The van der Waals surface area contributed by atoms with E-state index in [9.17, 15) is 18.0 Å². The van der Waals surface area contributed by atoms with E-state index in [1.807, 2.05) is 0 Å². The molecule has 1 aliphatic rings. The summed E-state index contributed by atoms with van der Waals surface area (Å²) in [5, 5.41) is 8.60. The molecule has 1 atom stereocenters. The van der Waals surface area contributed by atoms with Crippen molar-refractivity contribution in [3.63, 3.8) is 0 Å². The molecule has 106 valence electrons. The van der Waals surface area contributed by atoms with Gasteiger partial charge in [0, 0.05) is 6.54 Å². The van der Waals surface area contributed by atoms with E-state index in [0.717, 1.165) is 4.90 Å². The number of alkyl halides is 3. The lowest BCUT2D eigenvalue weighted by molar-refractivity contribution is -0.161. The van der Waals surface area contributed by atoms with Crippen LogP contribution in [-0.4, -0.2) is 36.7 Å². The van der Waals surface area contributed by atoms with Gasteiger partial charge < -0.3 is 9.64 Å². The number of nitriles is 1. The summed E-state index contributed by atoms with van der Waals surface area (Å²) in [7, 11) is 0. The molecule has 2 rings (SSSR count). The monoisotopic (exact) mass is 284 g/mol. The number of ether oxygens (including phenoxy) is 1. The summed E-state index contributed by atoms with van der Waals surface area (Å²) in [6, 6.07) is 7.55. The molecule has 0 aromatic heterocycles. The number of carbonyl (C=O) groups excluding carboxylic acids is 1. The van der Waals surface area contributed by atoms with Crippen LogP contribution < -0.4 is 4.74 Å². The van der Waals surface area contributed by atoms with Crippen molar-refractivity contribution in [1.29, 1.82) is 5.26 Å². The van der Waals surface area contributed by atoms with Crippen LogP contribution in [0.25, 0.3) is 0 Å². The van der Waals surface area contributed by atoms with Gasteiger partial charge in [-0.25, -0.2) is 0 Å². The molecule has 0 bridgehead atoms. The Morgan fingerprint density at radius 3 is 2.75 bits per heavy atom. The lowest BCUT2D eigenvalue weighted by atomic mass is 10.1. The molecule has 0 spiro atoms. The largest absolute Gasteiger partial charge is 0.491 e. The van der Waals surface area contributed by atoms with E-state index in [4.69, 9.17) is 10.00 Å². The molecule has 1 aromatic rings. The van der Waals surface area contributed by atoms with Crippen molar-refractivity contribution in [2.75, 3.05) is 19.7 Å². The molecule has 4 nitrogen and oxygen atoms in total. The first-order valence-corrected chi connectivity index (χ1v) is 5.91. The molecule has 1 unspecified atom stereocenters. The fourth-order valence-electron chi connectivity index (χ4n) is 1.92. The van der Waals surface area contributed by atoms with Crippen molar-refractivity contribution >= 4 is 5.91 Å². The lowest BCUT2D eigenvalue weighted by Crippen LogP contribution is -2.40. The minimum absolute atomic E-state index is 0.0156. The topological polar surface area (TPSA) is 53.3 Å². The number of nitrogens with zero attached hydrogens (tertiary/aromatic N) is 2. The lowest BCUT2D eigenvalue weighted by Gasteiger charge is -2.23. The number of carbonyl (C=O) groups is 1. The maximum Gasteiger partial charge on any atom is 0.406 e. The molecule has 0 fully saturated rings. The van der Waals surface area contributed by atoms with Crippen molar-refractivity contribution in [1.82, 2.24) is 4.90 Å². The summed E-state index contributed by atoms with van der Waals surface area (Å²) in [6.45, 7) is -0.572. The maximum atomic E-state index is 12.6. The van der Waals surface area contributed by atoms with E-state index in [1.54, 1.807) is 18.2 Å². The molecule has 0 N–H and O–H groups in total. The third-order valence-electron chi connectivity index (χ3n) is 2.98. The third kappa shape index (κ3) is 2.85. The molecule has 7 heteroatoms. The predicted molar refractivity (Wildman–Crippen MR) is 63.0 cm³/mol. The Morgan fingerprint density at radius 2 is 2.10 bits per heavy atom. The van der Waals surface area contributed by atoms with Crippen LogP contribution in [0.5, 0.6) is 5.75 Å². The second-order valence-electron chi connectivity index (χ2n) is 4.32. The summed E-state index contributed by atoms with van der Waals surface area (Å²) in [6.07, 6.45) is -4.65. The molecule has 20 heavy (non-hydrogen) atoms. The zero-order valence-electron chi connectivity index (χ0n) is 10.4. The number of para-hydroxylation sites is 1. The summed E-state index contributed by atoms with van der Waals surface area (Å²) in [5.74, 6) is -2.40. The van der Waals surface area contributed by atoms with E-state index in [0.29, 0.717) is 5.75 Å². The van der Waals surface area contributed by atoms with E-state index >= 15 is 0 Å². The first-order valence-electron chi connectivity index (χ1n) is 5.91. The van der Waals surface area contributed by atoms with Gasteiger partial charge in [0.15, 0.2) is 5.92 Å². The summed E-state index contributed by atoms with van der Waals surface area (Å²) >= 11 is 0. The Morgan fingerprint density at radius 1 is 1.40 bits per heavy atom. The third-order valence-corrected chi connectivity index (χ3v) is 2.98. The summed E-state index contributed by atoms with van der Waals surface area (Å²) < 4.78 is 43.1. The van der Waals surface area contributed by atoms with Gasteiger partial charge in [-0.1, -0.05) is 12.1 Å². The molecular weight excluding hydrogens is 273 g/mol. The van der Waals surface area contributed by atoms with Crippen LogP contribution in [0.3, 0.4) is 0 Å². The zero-order valence-corrected chi connectivity index (χ0v) is 10.4. The zero-order chi connectivity index (χ0) is 14.8. The molecular formula is C13H11F3N2O2. The minimum atomic E-state index is -4.65. The quantitative estimate of drug-likeness (QED) is 0.836. The van der Waals surface area contributed by atoms with Crippen LogP contribution in [0.2, 0.25) is 0 Å². The van der Waals surface area contributed by atoms with Gasteiger partial charge in [0.1, 0.15) is 12.4 Å². The average molecular weight is 284 g/mol. The van der Waals surface area contributed by atoms with Crippen molar-refractivity contribution < 1.29 is 22.7 Å². The molecule has 1 amide bonds. The Labute approximate surface area is 113 Å². The van der Waals surface area contributed by atoms with Gasteiger partial charge in [-0.05, 0) is 12.1 Å².